The lowest BCUT2D eigenvalue weighted by molar-refractivity contribution is -0.134. The molecule has 0 bridgehead atoms. The van der Waals surface area contributed by atoms with E-state index in [-0.39, 0.29) is 5.91 Å². The molecule has 0 aromatic carbocycles. The van der Waals surface area contributed by atoms with Crippen LogP contribution in [0.15, 0.2) is 29.8 Å². The monoisotopic (exact) mass is 289 g/mol. The van der Waals surface area contributed by atoms with Gasteiger partial charge in [0.05, 0.1) is 31.0 Å². The quantitative estimate of drug-likeness (QED) is 0.861. The third-order valence-corrected chi connectivity index (χ3v) is 4.05. The van der Waals surface area contributed by atoms with Gasteiger partial charge in [-0.15, -0.1) is 11.3 Å². The van der Waals surface area contributed by atoms with Crippen LogP contribution in [-0.2, 0) is 16.0 Å². The van der Waals surface area contributed by atoms with E-state index in [1.165, 1.54) is 11.3 Å². The van der Waals surface area contributed by atoms with Crippen LogP contribution in [-0.4, -0.2) is 47.1 Å². The van der Waals surface area contributed by atoms with Gasteiger partial charge in [-0.05, 0) is 12.1 Å². The van der Waals surface area contributed by atoms with Crippen LogP contribution in [0, 0.1) is 0 Å². The Kier molecular flexibility index (Phi) is 4.03. The number of thiazole rings is 1. The molecular formula is C14H15N3O2S. The van der Waals surface area contributed by atoms with Crippen LogP contribution in [0.5, 0.6) is 0 Å². The standard InChI is InChI=1S/C14H15N3O2S/c18-13(17-5-7-19-8-6-17)9-11-10-20-14(16-11)12-3-1-2-4-15-12/h1-4,10H,5-9H2. The highest BCUT2D eigenvalue weighted by atomic mass is 32.1. The number of amides is 1. The van der Waals surface area contributed by atoms with E-state index >= 15 is 0 Å². The summed E-state index contributed by atoms with van der Waals surface area (Å²) in [4.78, 5) is 22.7. The van der Waals surface area contributed by atoms with Gasteiger partial charge in [-0.25, -0.2) is 4.98 Å². The molecule has 1 fully saturated rings. The second-order valence-corrected chi connectivity index (χ2v) is 5.39. The molecule has 6 heteroatoms. The fraction of sp³-hybridized carbons (Fsp3) is 0.357. The van der Waals surface area contributed by atoms with Gasteiger partial charge in [-0.3, -0.25) is 9.78 Å². The molecule has 0 saturated carbocycles. The first-order valence-electron chi connectivity index (χ1n) is 6.54. The molecule has 2 aromatic heterocycles. The van der Waals surface area contributed by atoms with Crippen molar-refractivity contribution >= 4 is 17.2 Å². The highest BCUT2D eigenvalue weighted by Gasteiger charge is 2.18. The van der Waals surface area contributed by atoms with Gasteiger partial charge in [0.25, 0.3) is 0 Å². The Hall–Kier alpha value is -1.79. The molecule has 1 aliphatic heterocycles. The van der Waals surface area contributed by atoms with Crippen molar-refractivity contribution in [2.45, 2.75) is 6.42 Å². The number of carbonyl (C=O) groups excluding carboxylic acids is 1. The van der Waals surface area contributed by atoms with Gasteiger partial charge in [0.2, 0.25) is 5.91 Å². The number of hydrogen-bond acceptors (Lipinski definition) is 5. The van der Waals surface area contributed by atoms with Gasteiger partial charge in [0, 0.05) is 24.7 Å². The normalized spacial score (nSPS) is 15.3. The maximum Gasteiger partial charge on any atom is 0.228 e. The van der Waals surface area contributed by atoms with Crippen molar-refractivity contribution in [2.24, 2.45) is 0 Å². The fourth-order valence-corrected chi connectivity index (χ4v) is 2.87. The summed E-state index contributed by atoms with van der Waals surface area (Å²) >= 11 is 1.52. The molecule has 1 aliphatic rings. The summed E-state index contributed by atoms with van der Waals surface area (Å²) in [6.45, 7) is 2.61. The van der Waals surface area contributed by atoms with Crippen LogP contribution in [0.1, 0.15) is 5.69 Å². The first-order valence-corrected chi connectivity index (χ1v) is 7.42. The number of rotatable bonds is 3. The molecule has 0 radical (unpaired) electrons. The van der Waals surface area contributed by atoms with Crippen molar-refractivity contribution in [1.29, 1.82) is 0 Å². The predicted molar refractivity (Wildman–Crippen MR) is 76.4 cm³/mol. The zero-order valence-corrected chi connectivity index (χ0v) is 11.8. The van der Waals surface area contributed by atoms with Gasteiger partial charge in [0.15, 0.2) is 0 Å². The molecule has 3 rings (SSSR count). The number of aromatic nitrogens is 2. The minimum absolute atomic E-state index is 0.117. The zero-order valence-electron chi connectivity index (χ0n) is 11.0. The molecule has 104 valence electrons. The topological polar surface area (TPSA) is 55.3 Å². The molecule has 1 saturated heterocycles. The summed E-state index contributed by atoms with van der Waals surface area (Å²) in [5.41, 5.74) is 1.66. The lowest BCUT2D eigenvalue weighted by atomic mass is 10.3. The van der Waals surface area contributed by atoms with Crippen molar-refractivity contribution in [3.63, 3.8) is 0 Å². The van der Waals surface area contributed by atoms with E-state index in [0.29, 0.717) is 32.7 Å². The molecule has 3 heterocycles. The van der Waals surface area contributed by atoms with E-state index < -0.39 is 0 Å². The SMILES string of the molecule is O=C(Cc1csc(-c2ccccn2)n1)N1CCOCC1. The van der Waals surface area contributed by atoms with Crippen molar-refractivity contribution in [3.8, 4) is 10.7 Å². The van der Waals surface area contributed by atoms with Gasteiger partial charge in [0.1, 0.15) is 5.01 Å². The predicted octanol–water partition coefficient (Wildman–Crippen LogP) is 1.61. The Labute approximate surface area is 121 Å². The maximum atomic E-state index is 12.1. The van der Waals surface area contributed by atoms with E-state index in [4.69, 9.17) is 4.74 Å². The zero-order chi connectivity index (χ0) is 13.8. The fourth-order valence-electron chi connectivity index (χ4n) is 2.07. The molecule has 0 aliphatic carbocycles. The summed E-state index contributed by atoms with van der Waals surface area (Å²) in [5.74, 6) is 0.117. The van der Waals surface area contributed by atoms with E-state index in [2.05, 4.69) is 9.97 Å². The number of morpholine rings is 1. The average molecular weight is 289 g/mol. The Morgan fingerprint density at radius 3 is 2.95 bits per heavy atom. The number of carbonyl (C=O) groups is 1. The maximum absolute atomic E-state index is 12.1. The summed E-state index contributed by atoms with van der Waals surface area (Å²) in [6.07, 6.45) is 2.10. The first kappa shape index (κ1) is 13.2. The van der Waals surface area contributed by atoms with Gasteiger partial charge < -0.3 is 9.64 Å². The second kappa shape index (κ2) is 6.11. The van der Waals surface area contributed by atoms with Gasteiger partial charge in [-0.1, -0.05) is 6.07 Å². The minimum Gasteiger partial charge on any atom is -0.378 e. The van der Waals surface area contributed by atoms with E-state index in [1.54, 1.807) is 6.20 Å². The molecule has 0 spiro atoms. The summed E-state index contributed by atoms with van der Waals surface area (Å²) in [5, 5.41) is 2.79. The largest absolute Gasteiger partial charge is 0.378 e. The Bertz CT molecular complexity index is 579. The molecule has 0 unspecified atom stereocenters. The summed E-state index contributed by atoms with van der Waals surface area (Å²) in [7, 11) is 0. The van der Waals surface area contributed by atoms with Gasteiger partial charge in [-0.2, -0.15) is 0 Å². The van der Waals surface area contributed by atoms with Crippen LogP contribution in [0.2, 0.25) is 0 Å². The van der Waals surface area contributed by atoms with Gasteiger partial charge >= 0.3 is 0 Å². The molecule has 2 aromatic rings. The molecular weight excluding hydrogens is 274 g/mol. The van der Waals surface area contributed by atoms with E-state index in [0.717, 1.165) is 16.4 Å². The number of hydrogen-bond donors (Lipinski definition) is 0. The van der Waals surface area contributed by atoms with E-state index in [1.807, 2.05) is 28.5 Å². The Morgan fingerprint density at radius 2 is 2.20 bits per heavy atom. The number of nitrogens with zero attached hydrogens (tertiary/aromatic N) is 3. The van der Waals surface area contributed by atoms with Crippen molar-refractivity contribution in [1.82, 2.24) is 14.9 Å². The average Bonchev–Trinajstić information content (AvgIpc) is 2.97. The lowest BCUT2D eigenvalue weighted by Crippen LogP contribution is -2.41. The lowest BCUT2D eigenvalue weighted by Gasteiger charge is -2.26. The molecule has 20 heavy (non-hydrogen) atoms. The van der Waals surface area contributed by atoms with Crippen molar-refractivity contribution < 1.29 is 9.53 Å². The summed E-state index contributed by atoms with van der Waals surface area (Å²) in [6, 6.07) is 5.73. The highest BCUT2D eigenvalue weighted by Crippen LogP contribution is 2.21. The minimum atomic E-state index is 0.117. The van der Waals surface area contributed by atoms with Crippen LogP contribution in [0.3, 0.4) is 0 Å². The first-order chi connectivity index (χ1) is 9.83. The van der Waals surface area contributed by atoms with Crippen molar-refractivity contribution in [3.05, 3.63) is 35.5 Å². The Morgan fingerprint density at radius 1 is 1.35 bits per heavy atom. The molecule has 1 amide bonds. The highest BCUT2D eigenvalue weighted by molar-refractivity contribution is 7.13. The molecule has 0 N–H and O–H groups in total. The smallest absolute Gasteiger partial charge is 0.228 e. The molecule has 5 nitrogen and oxygen atoms in total. The Balaban J connectivity index is 1.66. The van der Waals surface area contributed by atoms with Crippen LogP contribution < -0.4 is 0 Å². The number of pyridine rings is 1. The third-order valence-electron chi connectivity index (χ3n) is 3.13. The van der Waals surface area contributed by atoms with Crippen LogP contribution in [0.25, 0.3) is 10.7 Å². The summed E-state index contributed by atoms with van der Waals surface area (Å²) < 4.78 is 5.25. The van der Waals surface area contributed by atoms with Crippen LogP contribution in [0.4, 0.5) is 0 Å². The second-order valence-electron chi connectivity index (χ2n) is 4.53. The van der Waals surface area contributed by atoms with Crippen molar-refractivity contribution in [2.75, 3.05) is 26.3 Å². The molecule has 0 atom stereocenters. The number of ether oxygens (including phenoxy) is 1. The third kappa shape index (κ3) is 3.02. The van der Waals surface area contributed by atoms with E-state index in [9.17, 15) is 4.79 Å². The van der Waals surface area contributed by atoms with Crippen LogP contribution >= 0.6 is 11.3 Å².